The van der Waals surface area contributed by atoms with Gasteiger partial charge < -0.3 is 14.8 Å². The molecule has 5 rings (SSSR count). The van der Waals surface area contributed by atoms with Crippen molar-refractivity contribution < 1.29 is 14.3 Å². The average molecular weight is 375 g/mol. The molecule has 0 aliphatic carbocycles. The molecule has 0 aromatic heterocycles. The zero-order valence-electron chi connectivity index (χ0n) is 16.7. The lowest BCUT2D eigenvalue weighted by Gasteiger charge is -2.45. The first kappa shape index (κ1) is 17.5. The van der Waals surface area contributed by atoms with Gasteiger partial charge in [0.25, 0.3) is 0 Å². The van der Waals surface area contributed by atoms with Gasteiger partial charge in [-0.3, -0.25) is 4.79 Å². The number of hydrogen-bond acceptors (Lipinski definition) is 4. The summed E-state index contributed by atoms with van der Waals surface area (Å²) in [7, 11) is 0. The number of aryl methyl sites for hydroxylation is 2. The normalized spacial score (nSPS) is 26.0. The monoisotopic (exact) mass is 375 g/mol. The van der Waals surface area contributed by atoms with Crippen LogP contribution < -0.4 is 5.32 Å². The smallest absolute Gasteiger partial charge is 0.303 e. The molecule has 0 spiro atoms. The summed E-state index contributed by atoms with van der Waals surface area (Å²) in [4.78, 5) is 11.7. The van der Waals surface area contributed by atoms with Gasteiger partial charge >= 0.3 is 5.97 Å². The summed E-state index contributed by atoms with van der Waals surface area (Å²) in [6.07, 6.45) is 0.371. The number of esters is 1. The molecule has 3 aromatic rings. The number of ether oxygens (including phenoxy) is 2. The Kier molecular flexibility index (Phi) is 3.88. The molecule has 2 aliphatic rings. The lowest BCUT2D eigenvalue weighted by atomic mass is 9.80. The highest BCUT2D eigenvalue weighted by molar-refractivity contribution is 6.05. The Morgan fingerprint density at radius 1 is 1.07 bits per heavy atom. The molecular formula is C24H25NO3. The summed E-state index contributed by atoms with van der Waals surface area (Å²) in [6, 6.07) is 13.4. The predicted octanol–water partition coefficient (Wildman–Crippen LogP) is 5.19. The minimum absolute atomic E-state index is 0.0552. The van der Waals surface area contributed by atoms with Crippen LogP contribution in [-0.2, 0) is 14.3 Å². The van der Waals surface area contributed by atoms with Crippen molar-refractivity contribution >= 4 is 33.2 Å². The van der Waals surface area contributed by atoms with Crippen LogP contribution in [0.5, 0.6) is 0 Å². The second-order valence-electron chi connectivity index (χ2n) is 8.28. The first-order valence-electron chi connectivity index (χ1n) is 9.97. The van der Waals surface area contributed by atoms with Crippen LogP contribution in [0.25, 0.3) is 21.5 Å². The Bertz CT molecular complexity index is 1120. The van der Waals surface area contributed by atoms with Crippen LogP contribution in [0.3, 0.4) is 0 Å². The van der Waals surface area contributed by atoms with E-state index in [0.717, 1.165) is 12.1 Å². The van der Waals surface area contributed by atoms with Crippen LogP contribution in [-0.4, -0.2) is 24.4 Å². The van der Waals surface area contributed by atoms with Gasteiger partial charge in [0, 0.05) is 30.3 Å². The van der Waals surface area contributed by atoms with E-state index in [0.29, 0.717) is 0 Å². The molecule has 0 saturated carbocycles. The Balaban J connectivity index is 1.70. The van der Waals surface area contributed by atoms with E-state index in [-0.39, 0.29) is 30.3 Å². The highest BCUT2D eigenvalue weighted by Crippen LogP contribution is 2.46. The first-order valence-corrected chi connectivity index (χ1v) is 9.97. The molecule has 2 aliphatic heterocycles. The molecule has 4 atom stereocenters. The maximum absolute atomic E-state index is 11.7. The van der Waals surface area contributed by atoms with E-state index < -0.39 is 0 Å². The average Bonchev–Trinajstić information content (AvgIpc) is 2.64. The van der Waals surface area contributed by atoms with E-state index in [1.807, 2.05) is 6.92 Å². The molecule has 28 heavy (non-hydrogen) atoms. The van der Waals surface area contributed by atoms with Crippen molar-refractivity contribution in [1.82, 2.24) is 0 Å². The lowest BCUT2D eigenvalue weighted by molar-refractivity contribution is -0.169. The quantitative estimate of drug-likeness (QED) is 0.470. The predicted molar refractivity (Wildman–Crippen MR) is 112 cm³/mol. The highest BCUT2D eigenvalue weighted by atomic mass is 16.6. The number of rotatable bonds is 1. The third-order valence-corrected chi connectivity index (χ3v) is 6.33. The van der Waals surface area contributed by atoms with Crippen LogP contribution in [0, 0.1) is 13.8 Å². The van der Waals surface area contributed by atoms with Crippen molar-refractivity contribution in [2.75, 3.05) is 5.32 Å². The number of carbonyl (C=O) groups excluding carboxylic acids is 1. The molecule has 1 saturated heterocycles. The fraction of sp³-hybridized carbons (Fsp3) is 0.375. The van der Waals surface area contributed by atoms with Crippen molar-refractivity contribution in [3.8, 4) is 0 Å². The van der Waals surface area contributed by atoms with Crippen molar-refractivity contribution in [2.45, 2.75) is 58.5 Å². The standard InChI is InChI=1S/C24H25NO3/c1-12-7-17-9-16-5-6-19-21-11-22(27-14(3)24(21)28-15(4)26)25-23(19)20(16)10-18(17)8-13(12)2/h5-10,14,21-22,24-25H,11H2,1-4H3/t14-,21-,22+,24-/m0/s1. The van der Waals surface area contributed by atoms with E-state index >= 15 is 0 Å². The van der Waals surface area contributed by atoms with Crippen LogP contribution in [0.1, 0.15) is 42.9 Å². The molecule has 144 valence electrons. The summed E-state index contributed by atoms with van der Waals surface area (Å²) < 4.78 is 11.8. The van der Waals surface area contributed by atoms with Gasteiger partial charge in [0.15, 0.2) is 0 Å². The van der Waals surface area contributed by atoms with Gasteiger partial charge in [-0.05, 0) is 65.8 Å². The largest absolute Gasteiger partial charge is 0.459 e. The zero-order chi connectivity index (χ0) is 19.6. The van der Waals surface area contributed by atoms with Gasteiger partial charge in [-0.2, -0.15) is 0 Å². The topological polar surface area (TPSA) is 47.6 Å². The SMILES string of the molecule is CC(=O)O[C@H]1[C@H](C)O[C@@H]2C[C@H]1c1ccc3cc4cc(C)c(C)cc4cc3c1N2. The van der Waals surface area contributed by atoms with Gasteiger partial charge in [-0.25, -0.2) is 0 Å². The Morgan fingerprint density at radius 2 is 1.79 bits per heavy atom. The van der Waals surface area contributed by atoms with Crippen LogP contribution in [0.15, 0.2) is 36.4 Å². The fourth-order valence-corrected chi connectivity index (χ4v) is 4.85. The third-order valence-electron chi connectivity index (χ3n) is 6.33. The molecule has 0 radical (unpaired) electrons. The maximum Gasteiger partial charge on any atom is 0.303 e. The molecular weight excluding hydrogens is 350 g/mol. The molecule has 0 unspecified atom stereocenters. The number of hydrogen-bond donors (Lipinski definition) is 1. The minimum Gasteiger partial charge on any atom is -0.459 e. The molecule has 1 fully saturated rings. The molecule has 4 heteroatoms. The van der Waals surface area contributed by atoms with Crippen molar-refractivity contribution in [1.29, 1.82) is 0 Å². The van der Waals surface area contributed by atoms with Crippen molar-refractivity contribution in [3.05, 3.63) is 53.1 Å². The number of carbonyl (C=O) groups is 1. The summed E-state index contributed by atoms with van der Waals surface area (Å²) in [5.74, 6) is -0.106. The zero-order valence-corrected chi connectivity index (χ0v) is 16.7. The molecule has 2 heterocycles. The van der Waals surface area contributed by atoms with E-state index in [2.05, 4.69) is 55.6 Å². The van der Waals surface area contributed by atoms with Gasteiger partial charge in [0.05, 0.1) is 6.10 Å². The van der Waals surface area contributed by atoms with Crippen molar-refractivity contribution in [3.63, 3.8) is 0 Å². The minimum atomic E-state index is -0.253. The van der Waals surface area contributed by atoms with Crippen LogP contribution >= 0.6 is 0 Å². The van der Waals surface area contributed by atoms with Gasteiger partial charge in [0.2, 0.25) is 0 Å². The molecule has 3 aromatic carbocycles. The van der Waals surface area contributed by atoms with E-state index in [1.165, 1.54) is 45.2 Å². The second kappa shape index (κ2) is 6.21. The highest BCUT2D eigenvalue weighted by Gasteiger charge is 2.43. The maximum atomic E-state index is 11.7. The number of fused-ring (bicyclic) bond motifs is 7. The summed E-state index contributed by atoms with van der Waals surface area (Å²) in [6.45, 7) is 7.76. The fourth-order valence-electron chi connectivity index (χ4n) is 4.85. The van der Waals surface area contributed by atoms with E-state index in [1.54, 1.807) is 0 Å². The second-order valence-corrected chi connectivity index (χ2v) is 8.28. The number of benzene rings is 3. The summed E-state index contributed by atoms with van der Waals surface area (Å²) in [5, 5.41) is 8.51. The first-order chi connectivity index (χ1) is 13.4. The Morgan fingerprint density at radius 3 is 2.50 bits per heavy atom. The third kappa shape index (κ3) is 2.67. The summed E-state index contributed by atoms with van der Waals surface area (Å²) in [5.41, 5.74) is 4.94. The molecule has 4 nitrogen and oxygen atoms in total. The lowest BCUT2D eigenvalue weighted by Crippen LogP contribution is -2.49. The Labute approximate surface area is 164 Å². The summed E-state index contributed by atoms with van der Waals surface area (Å²) >= 11 is 0. The Hall–Kier alpha value is -2.59. The molecule has 0 amide bonds. The number of anilines is 1. The van der Waals surface area contributed by atoms with Crippen molar-refractivity contribution in [2.24, 2.45) is 0 Å². The van der Waals surface area contributed by atoms with Gasteiger partial charge in [0.1, 0.15) is 12.3 Å². The van der Waals surface area contributed by atoms with Crippen LogP contribution in [0.4, 0.5) is 5.69 Å². The van der Waals surface area contributed by atoms with E-state index in [9.17, 15) is 4.79 Å². The molecule has 2 bridgehead atoms. The number of nitrogens with one attached hydrogen (secondary N) is 1. The molecule has 1 N–H and O–H groups in total. The van der Waals surface area contributed by atoms with Gasteiger partial charge in [-0.15, -0.1) is 0 Å². The van der Waals surface area contributed by atoms with Gasteiger partial charge in [-0.1, -0.05) is 24.3 Å². The van der Waals surface area contributed by atoms with E-state index in [4.69, 9.17) is 9.47 Å². The van der Waals surface area contributed by atoms with Crippen LogP contribution in [0.2, 0.25) is 0 Å².